The first-order valence-electron chi connectivity index (χ1n) is 10.4. The van der Waals surface area contributed by atoms with Gasteiger partial charge in [0, 0.05) is 12.1 Å². The molecule has 0 saturated heterocycles. The predicted octanol–water partition coefficient (Wildman–Crippen LogP) is 3.38. The molecule has 6 heteroatoms. The minimum absolute atomic E-state index is 0.127. The molecule has 1 atom stereocenters. The van der Waals surface area contributed by atoms with Crippen LogP contribution in [0.3, 0.4) is 0 Å². The quantitative estimate of drug-likeness (QED) is 0.539. The van der Waals surface area contributed by atoms with Crippen LogP contribution in [0.5, 0.6) is 5.75 Å². The predicted molar refractivity (Wildman–Crippen MR) is 116 cm³/mol. The fourth-order valence-corrected chi connectivity index (χ4v) is 4.23. The van der Waals surface area contributed by atoms with Gasteiger partial charge in [-0.2, -0.15) is 0 Å². The maximum Gasteiger partial charge on any atom is 0.328 e. The van der Waals surface area contributed by atoms with Crippen molar-refractivity contribution >= 4 is 17.6 Å². The highest BCUT2D eigenvalue weighted by Gasteiger charge is 2.42. The molecule has 0 spiro atoms. The minimum atomic E-state index is -0.761. The van der Waals surface area contributed by atoms with Gasteiger partial charge in [-0.15, -0.1) is 0 Å². The molecule has 1 aliphatic rings. The molecule has 2 aromatic carbocycles. The highest BCUT2D eigenvalue weighted by molar-refractivity contribution is 5.92. The number of hydrogen-bond donors (Lipinski definition) is 2. The normalized spacial score (nSPS) is 16.3. The van der Waals surface area contributed by atoms with Crippen molar-refractivity contribution < 1.29 is 19.1 Å². The van der Waals surface area contributed by atoms with Crippen LogP contribution in [0.25, 0.3) is 0 Å². The van der Waals surface area contributed by atoms with E-state index in [1.807, 2.05) is 36.4 Å². The van der Waals surface area contributed by atoms with Crippen LogP contribution in [0, 0.1) is 0 Å². The fraction of sp³-hybridized carbons (Fsp3) is 0.417. The van der Waals surface area contributed by atoms with Crippen molar-refractivity contribution in [2.45, 2.75) is 50.0 Å². The third-order valence-electron chi connectivity index (χ3n) is 5.99. The molecule has 0 heterocycles. The van der Waals surface area contributed by atoms with Gasteiger partial charge in [-0.25, -0.2) is 4.79 Å². The number of carbonyl (C=O) groups is 2. The number of ether oxygens (including phenoxy) is 2. The largest absolute Gasteiger partial charge is 0.497 e. The number of hydrogen-bond acceptors (Lipinski definition) is 5. The molecule has 3 rings (SSSR count). The third kappa shape index (κ3) is 4.75. The monoisotopic (exact) mass is 410 g/mol. The minimum Gasteiger partial charge on any atom is -0.497 e. The van der Waals surface area contributed by atoms with E-state index in [0.717, 1.165) is 49.0 Å². The molecule has 2 aromatic rings. The first kappa shape index (κ1) is 21.7. The number of esters is 1. The number of anilines is 1. The molecule has 160 valence electrons. The average Bonchev–Trinajstić information content (AvgIpc) is 2.80. The lowest BCUT2D eigenvalue weighted by Crippen LogP contribution is -2.52. The molecule has 1 aliphatic carbocycles. The van der Waals surface area contributed by atoms with Gasteiger partial charge in [-0.1, -0.05) is 43.5 Å². The number of nitrogen functional groups attached to an aromatic ring is 1. The number of benzene rings is 2. The van der Waals surface area contributed by atoms with Crippen molar-refractivity contribution in [2.24, 2.45) is 0 Å². The molecule has 1 amide bonds. The Morgan fingerprint density at radius 2 is 1.63 bits per heavy atom. The molecule has 3 N–H and O–H groups in total. The Kier molecular flexibility index (Phi) is 6.98. The molecule has 1 fully saturated rings. The van der Waals surface area contributed by atoms with Crippen molar-refractivity contribution in [2.75, 3.05) is 20.0 Å². The van der Waals surface area contributed by atoms with Gasteiger partial charge >= 0.3 is 5.97 Å². The van der Waals surface area contributed by atoms with Crippen LogP contribution < -0.4 is 15.8 Å². The third-order valence-corrected chi connectivity index (χ3v) is 5.99. The lowest BCUT2D eigenvalue weighted by molar-refractivity contribution is -0.146. The maximum absolute atomic E-state index is 13.6. The molecule has 0 aromatic heterocycles. The zero-order chi connectivity index (χ0) is 21.6. The van der Waals surface area contributed by atoms with Crippen LogP contribution >= 0.6 is 0 Å². The average molecular weight is 411 g/mol. The summed E-state index contributed by atoms with van der Waals surface area (Å²) >= 11 is 0. The van der Waals surface area contributed by atoms with E-state index in [-0.39, 0.29) is 5.91 Å². The molecule has 1 saturated carbocycles. The van der Waals surface area contributed by atoms with E-state index < -0.39 is 17.4 Å². The Hall–Kier alpha value is -3.02. The van der Waals surface area contributed by atoms with Crippen molar-refractivity contribution in [1.82, 2.24) is 5.32 Å². The van der Waals surface area contributed by atoms with Gasteiger partial charge in [0.2, 0.25) is 5.91 Å². The van der Waals surface area contributed by atoms with Crippen LogP contribution in [0.2, 0.25) is 0 Å². The van der Waals surface area contributed by atoms with E-state index in [1.54, 1.807) is 19.2 Å². The van der Waals surface area contributed by atoms with E-state index in [1.165, 1.54) is 7.11 Å². The van der Waals surface area contributed by atoms with Crippen molar-refractivity contribution in [3.8, 4) is 5.75 Å². The molecule has 30 heavy (non-hydrogen) atoms. The number of amides is 1. The van der Waals surface area contributed by atoms with Crippen LogP contribution in [0.15, 0.2) is 48.5 Å². The van der Waals surface area contributed by atoms with Crippen LogP contribution in [0.4, 0.5) is 5.69 Å². The fourth-order valence-electron chi connectivity index (χ4n) is 4.23. The van der Waals surface area contributed by atoms with Crippen LogP contribution in [-0.4, -0.2) is 32.1 Å². The molecule has 1 unspecified atom stereocenters. The van der Waals surface area contributed by atoms with E-state index >= 15 is 0 Å². The maximum atomic E-state index is 13.6. The molecule has 0 bridgehead atoms. The van der Waals surface area contributed by atoms with Gasteiger partial charge in [-0.3, -0.25) is 4.79 Å². The van der Waals surface area contributed by atoms with Crippen molar-refractivity contribution in [1.29, 1.82) is 0 Å². The smallest absolute Gasteiger partial charge is 0.328 e. The summed E-state index contributed by atoms with van der Waals surface area (Å²) in [5.74, 6) is 0.167. The van der Waals surface area contributed by atoms with Crippen molar-refractivity contribution in [3.05, 3.63) is 59.7 Å². The highest BCUT2D eigenvalue weighted by Crippen LogP contribution is 2.40. The summed E-state index contributed by atoms with van der Waals surface area (Å²) in [5.41, 5.74) is 7.61. The van der Waals surface area contributed by atoms with Gasteiger partial charge in [-0.05, 0) is 48.2 Å². The lowest BCUT2D eigenvalue weighted by atomic mass is 9.68. The van der Waals surface area contributed by atoms with Crippen LogP contribution in [-0.2, 0) is 26.2 Å². The molecular formula is C24H30N2O4. The Morgan fingerprint density at radius 3 is 2.20 bits per heavy atom. The second kappa shape index (κ2) is 9.65. The Labute approximate surface area is 177 Å². The summed E-state index contributed by atoms with van der Waals surface area (Å²) in [6, 6.07) is 14.2. The second-order valence-corrected chi connectivity index (χ2v) is 7.87. The number of nitrogens with one attached hydrogen (secondary N) is 1. The van der Waals surface area contributed by atoms with Gasteiger partial charge in [0.1, 0.15) is 11.8 Å². The molecule has 6 nitrogen and oxygen atoms in total. The highest BCUT2D eigenvalue weighted by atomic mass is 16.5. The summed E-state index contributed by atoms with van der Waals surface area (Å²) in [6.07, 6.45) is 4.90. The van der Waals surface area contributed by atoms with Gasteiger partial charge in [0.15, 0.2) is 0 Å². The first-order chi connectivity index (χ1) is 14.5. The zero-order valence-electron chi connectivity index (χ0n) is 17.6. The summed E-state index contributed by atoms with van der Waals surface area (Å²) in [6.45, 7) is 0. The summed E-state index contributed by atoms with van der Waals surface area (Å²) < 4.78 is 10.2. The number of carbonyl (C=O) groups excluding carboxylic acids is 2. The summed E-state index contributed by atoms with van der Waals surface area (Å²) in [4.78, 5) is 26.0. The van der Waals surface area contributed by atoms with E-state index in [0.29, 0.717) is 12.1 Å². The van der Waals surface area contributed by atoms with Gasteiger partial charge < -0.3 is 20.5 Å². The number of nitrogens with two attached hydrogens (primary N) is 1. The Bertz CT molecular complexity index is 856. The molecule has 0 aliphatic heterocycles. The SMILES string of the molecule is COC(=O)C(Cc1ccc(N)cc1)NC(=O)C1(c2ccc(OC)cc2)CCCCC1. The van der Waals surface area contributed by atoms with Gasteiger partial charge in [0.05, 0.1) is 19.6 Å². The first-order valence-corrected chi connectivity index (χ1v) is 10.4. The van der Waals surface area contributed by atoms with E-state index in [4.69, 9.17) is 15.2 Å². The lowest BCUT2D eigenvalue weighted by Gasteiger charge is -2.37. The standard InChI is InChI=1S/C24H30N2O4/c1-29-20-12-8-18(9-13-20)24(14-4-3-5-15-24)23(28)26-21(22(27)30-2)16-17-6-10-19(25)11-7-17/h6-13,21H,3-5,14-16,25H2,1-2H3,(H,26,28). The second-order valence-electron chi connectivity index (χ2n) is 7.87. The molecule has 0 radical (unpaired) electrons. The zero-order valence-corrected chi connectivity index (χ0v) is 17.6. The number of methoxy groups -OCH3 is 2. The van der Waals surface area contributed by atoms with E-state index in [2.05, 4.69) is 5.32 Å². The summed E-state index contributed by atoms with van der Waals surface area (Å²) in [5, 5.41) is 2.99. The number of rotatable bonds is 7. The Morgan fingerprint density at radius 1 is 1.00 bits per heavy atom. The van der Waals surface area contributed by atoms with Gasteiger partial charge in [0.25, 0.3) is 0 Å². The Balaban J connectivity index is 1.86. The van der Waals surface area contributed by atoms with Crippen molar-refractivity contribution in [3.63, 3.8) is 0 Å². The topological polar surface area (TPSA) is 90.6 Å². The molecular weight excluding hydrogens is 380 g/mol. The summed E-state index contributed by atoms with van der Waals surface area (Å²) in [7, 11) is 2.96. The van der Waals surface area contributed by atoms with Crippen LogP contribution in [0.1, 0.15) is 43.2 Å². The van der Waals surface area contributed by atoms with E-state index in [9.17, 15) is 9.59 Å².